The number of amides is 3. The van der Waals surface area contributed by atoms with E-state index in [2.05, 4.69) is 15.8 Å². The standard InChI is InChI=1S/C29H30F2N4O7/c1-16-24(17(2)42-34-16)27(38)33-20(10-18-6-4-3-5-7-18)25(36)28(39)35-14-29(30,31)12-21(35)26(37)32-13-19-8-9-22-23(11-19)41-15-40-22/h3-9,11,20-21,25,36H,10,12-15H2,1-2H3,(H,32,37)(H,33,38)/t20-,21-,25-/m0/s1. The minimum atomic E-state index is -3.36. The summed E-state index contributed by atoms with van der Waals surface area (Å²) in [6.45, 7) is 2.12. The summed E-state index contributed by atoms with van der Waals surface area (Å²) in [6.07, 6.45) is -2.84. The number of nitrogens with one attached hydrogen (secondary N) is 2. The predicted molar refractivity (Wildman–Crippen MR) is 143 cm³/mol. The lowest BCUT2D eigenvalue weighted by Gasteiger charge is -2.30. The van der Waals surface area contributed by atoms with Gasteiger partial charge in [-0.1, -0.05) is 41.6 Å². The molecule has 0 aliphatic carbocycles. The molecule has 0 unspecified atom stereocenters. The summed E-state index contributed by atoms with van der Waals surface area (Å²) in [4.78, 5) is 40.4. The number of aromatic nitrogens is 1. The number of hydrogen-bond acceptors (Lipinski definition) is 8. The van der Waals surface area contributed by atoms with E-state index in [0.717, 1.165) is 0 Å². The van der Waals surface area contributed by atoms with E-state index in [9.17, 15) is 28.3 Å². The zero-order valence-electron chi connectivity index (χ0n) is 22.9. The number of likely N-dealkylation sites (tertiary alicyclic amines) is 1. The van der Waals surface area contributed by atoms with Crippen LogP contribution in [0.3, 0.4) is 0 Å². The maximum atomic E-state index is 14.6. The summed E-state index contributed by atoms with van der Waals surface area (Å²) in [5, 5.41) is 20.2. The number of aryl methyl sites for hydroxylation is 2. The van der Waals surface area contributed by atoms with E-state index in [1.54, 1.807) is 62.4 Å². The molecule has 3 amide bonds. The van der Waals surface area contributed by atoms with E-state index in [1.165, 1.54) is 0 Å². The number of nitrogens with zero attached hydrogens (tertiary/aromatic N) is 2. The Labute approximate surface area is 239 Å². The second-order valence-electron chi connectivity index (χ2n) is 10.4. The summed E-state index contributed by atoms with van der Waals surface area (Å²) >= 11 is 0. The Morgan fingerprint density at radius 3 is 2.55 bits per heavy atom. The number of halogens is 2. The monoisotopic (exact) mass is 584 g/mol. The van der Waals surface area contributed by atoms with Crippen molar-refractivity contribution in [1.29, 1.82) is 0 Å². The van der Waals surface area contributed by atoms with Gasteiger partial charge in [0.15, 0.2) is 17.6 Å². The van der Waals surface area contributed by atoms with Gasteiger partial charge < -0.3 is 34.6 Å². The Hall–Kier alpha value is -4.52. The van der Waals surface area contributed by atoms with Crippen LogP contribution >= 0.6 is 0 Å². The molecule has 222 valence electrons. The van der Waals surface area contributed by atoms with Crippen LogP contribution in [0.25, 0.3) is 0 Å². The third-order valence-electron chi connectivity index (χ3n) is 7.27. The van der Waals surface area contributed by atoms with Gasteiger partial charge in [-0.3, -0.25) is 14.4 Å². The smallest absolute Gasteiger partial charge is 0.267 e. The number of benzene rings is 2. The molecule has 3 N–H and O–H groups in total. The van der Waals surface area contributed by atoms with Crippen molar-refractivity contribution < 1.29 is 42.3 Å². The molecule has 0 bridgehead atoms. The van der Waals surface area contributed by atoms with Gasteiger partial charge in [-0.2, -0.15) is 0 Å². The molecule has 1 aromatic heterocycles. The Bertz CT molecular complexity index is 1460. The molecule has 0 saturated carbocycles. The van der Waals surface area contributed by atoms with E-state index in [4.69, 9.17) is 14.0 Å². The summed E-state index contributed by atoms with van der Waals surface area (Å²) in [5.41, 5.74) is 1.77. The number of hydrogen-bond donors (Lipinski definition) is 3. The minimum Gasteiger partial charge on any atom is -0.454 e. The highest BCUT2D eigenvalue weighted by molar-refractivity contribution is 5.97. The minimum absolute atomic E-state index is 0.00768. The van der Waals surface area contributed by atoms with Gasteiger partial charge in [-0.15, -0.1) is 0 Å². The fourth-order valence-corrected chi connectivity index (χ4v) is 5.14. The van der Waals surface area contributed by atoms with E-state index >= 15 is 0 Å². The Morgan fingerprint density at radius 1 is 1.10 bits per heavy atom. The van der Waals surface area contributed by atoms with Crippen molar-refractivity contribution in [1.82, 2.24) is 20.7 Å². The second-order valence-corrected chi connectivity index (χ2v) is 10.4. The first-order valence-electron chi connectivity index (χ1n) is 13.3. The van der Waals surface area contributed by atoms with Crippen molar-refractivity contribution in [2.75, 3.05) is 13.3 Å². The normalized spacial score (nSPS) is 18.4. The van der Waals surface area contributed by atoms with E-state index < -0.39 is 54.8 Å². The molecule has 0 radical (unpaired) electrons. The van der Waals surface area contributed by atoms with Gasteiger partial charge in [0.05, 0.1) is 18.3 Å². The summed E-state index contributed by atoms with van der Waals surface area (Å²) in [6, 6.07) is 11.0. The topological polar surface area (TPSA) is 143 Å². The van der Waals surface area contributed by atoms with Crippen LogP contribution in [-0.4, -0.2) is 70.3 Å². The van der Waals surface area contributed by atoms with Crippen LogP contribution in [0.2, 0.25) is 0 Å². The number of ether oxygens (including phenoxy) is 2. The van der Waals surface area contributed by atoms with Gasteiger partial charge in [0.25, 0.3) is 17.7 Å². The van der Waals surface area contributed by atoms with Crippen LogP contribution in [0, 0.1) is 13.8 Å². The molecule has 3 heterocycles. The molecule has 2 aliphatic rings. The average Bonchev–Trinajstić information content (AvgIpc) is 3.66. The summed E-state index contributed by atoms with van der Waals surface area (Å²) < 4.78 is 44.8. The van der Waals surface area contributed by atoms with Gasteiger partial charge in [0.1, 0.15) is 17.4 Å². The van der Waals surface area contributed by atoms with Gasteiger partial charge in [0, 0.05) is 13.0 Å². The quantitative estimate of drug-likeness (QED) is 0.348. The van der Waals surface area contributed by atoms with Crippen molar-refractivity contribution in [2.45, 2.75) is 57.3 Å². The number of carbonyl (C=O) groups excluding carboxylic acids is 3. The molecule has 5 rings (SSSR count). The van der Waals surface area contributed by atoms with Gasteiger partial charge >= 0.3 is 0 Å². The third-order valence-corrected chi connectivity index (χ3v) is 7.27. The highest BCUT2D eigenvalue weighted by atomic mass is 19.3. The average molecular weight is 585 g/mol. The molecule has 2 aromatic carbocycles. The number of fused-ring (bicyclic) bond motifs is 1. The molecule has 0 spiro atoms. The van der Waals surface area contributed by atoms with Crippen LogP contribution in [0.5, 0.6) is 11.5 Å². The number of aliphatic hydroxyl groups is 1. The molecule has 11 nitrogen and oxygen atoms in total. The number of carbonyl (C=O) groups is 3. The van der Waals surface area contributed by atoms with E-state index in [1.807, 2.05) is 0 Å². The number of rotatable bonds is 9. The molecule has 3 atom stereocenters. The van der Waals surface area contributed by atoms with Crippen molar-refractivity contribution in [3.05, 3.63) is 76.7 Å². The van der Waals surface area contributed by atoms with E-state index in [-0.39, 0.29) is 31.1 Å². The summed E-state index contributed by atoms with van der Waals surface area (Å²) in [5.74, 6) is -4.62. The first-order chi connectivity index (χ1) is 20.0. The number of aliphatic hydroxyl groups excluding tert-OH is 1. The third kappa shape index (κ3) is 6.20. The van der Waals surface area contributed by atoms with Crippen LogP contribution in [0.4, 0.5) is 8.78 Å². The molecule has 2 aliphatic heterocycles. The first kappa shape index (κ1) is 29.0. The molecule has 1 saturated heterocycles. The van der Waals surface area contributed by atoms with Gasteiger partial charge in [-0.25, -0.2) is 8.78 Å². The first-order valence-corrected chi connectivity index (χ1v) is 13.3. The van der Waals surface area contributed by atoms with Crippen molar-refractivity contribution in [2.24, 2.45) is 0 Å². The van der Waals surface area contributed by atoms with Crippen molar-refractivity contribution in [3.63, 3.8) is 0 Å². The highest BCUT2D eigenvalue weighted by Crippen LogP contribution is 2.34. The molecular formula is C29H30F2N4O7. The molecular weight excluding hydrogens is 554 g/mol. The van der Waals surface area contributed by atoms with Crippen LogP contribution in [-0.2, 0) is 22.6 Å². The van der Waals surface area contributed by atoms with Gasteiger partial charge in [-0.05, 0) is 43.5 Å². The molecule has 3 aromatic rings. The second kappa shape index (κ2) is 11.8. The Morgan fingerprint density at radius 2 is 1.83 bits per heavy atom. The molecule has 42 heavy (non-hydrogen) atoms. The van der Waals surface area contributed by atoms with Crippen LogP contribution < -0.4 is 20.1 Å². The zero-order chi connectivity index (χ0) is 30.0. The number of alkyl halides is 2. The molecule has 1 fully saturated rings. The Balaban J connectivity index is 1.33. The zero-order valence-corrected chi connectivity index (χ0v) is 22.9. The molecule has 13 heteroatoms. The fourth-order valence-electron chi connectivity index (χ4n) is 5.14. The van der Waals surface area contributed by atoms with Crippen molar-refractivity contribution >= 4 is 17.7 Å². The maximum Gasteiger partial charge on any atom is 0.267 e. The SMILES string of the molecule is Cc1noc(C)c1C(=O)N[C@@H](Cc1ccccc1)[C@H](O)C(=O)N1CC(F)(F)C[C@H]1C(=O)NCc1ccc2c(c1)OCO2. The summed E-state index contributed by atoms with van der Waals surface area (Å²) in [7, 11) is 0. The lowest BCUT2D eigenvalue weighted by molar-refractivity contribution is -0.147. The van der Waals surface area contributed by atoms with Crippen molar-refractivity contribution in [3.8, 4) is 11.5 Å². The van der Waals surface area contributed by atoms with E-state index in [0.29, 0.717) is 33.2 Å². The largest absolute Gasteiger partial charge is 0.454 e. The predicted octanol–water partition coefficient (Wildman–Crippen LogP) is 2.27. The van der Waals surface area contributed by atoms with Crippen LogP contribution in [0.1, 0.15) is 39.4 Å². The lowest BCUT2D eigenvalue weighted by Crippen LogP contribution is -2.56. The maximum absolute atomic E-state index is 14.6. The van der Waals surface area contributed by atoms with Crippen LogP contribution in [0.15, 0.2) is 53.1 Å². The lowest BCUT2D eigenvalue weighted by atomic mass is 9.99. The highest BCUT2D eigenvalue weighted by Gasteiger charge is 2.51. The fraction of sp³-hybridized carbons (Fsp3) is 0.379. The Kier molecular flexibility index (Phi) is 8.12. The van der Waals surface area contributed by atoms with Gasteiger partial charge in [0.2, 0.25) is 12.7 Å².